The zero-order valence-electron chi connectivity index (χ0n) is 10.7. The van der Waals surface area contributed by atoms with Crippen LogP contribution in [0.2, 0.25) is 10.0 Å². The SMILES string of the molecule is O=[N+]([O-])c1cccc(/C=N/OCc2c(Cl)cccc2Cl)c1. The number of rotatable bonds is 5. The molecular formula is C14H10Cl2N2O3. The maximum atomic E-state index is 10.6. The van der Waals surface area contributed by atoms with E-state index in [0.717, 1.165) is 0 Å². The third-order valence-electron chi connectivity index (χ3n) is 2.63. The van der Waals surface area contributed by atoms with Crippen molar-refractivity contribution < 1.29 is 9.76 Å². The molecule has 2 aromatic carbocycles. The smallest absolute Gasteiger partial charge is 0.270 e. The molecule has 0 heterocycles. The van der Waals surface area contributed by atoms with Crippen LogP contribution in [-0.2, 0) is 11.4 Å². The Morgan fingerprint density at radius 1 is 1.19 bits per heavy atom. The molecule has 0 N–H and O–H groups in total. The second-order valence-electron chi connectivity index (χ2n) is 4.06. The first-order chi connectivity index (χ1) is 10.1. The van der Waals surface area contributed by atoms with Gasteiger partial charge in [0.1, 0.15) is 6.61 Å². The zero-order chi connectivity index (χ0) is 15.2. The van der Waals surface area contributed by atoms with Crippen LogP contribution >= 0.6 is 23.2 Å². The summed E-state index contributed by atoms with van der Waals surface area (Å²) in [6.07, 6.45) is 1.39. The summed E-state index contributed by atoms with van der Waals surface area (Å²) in [5, 5.41) is 15.4. The Labute approximate surface area is 130 Å². The van der Waals surface area contributed by atoms with Gasteiger partial charge in [-0.1, -0.05) is 46.6 Å². The summed E-state index contributed by atoms with van der Waals surface area (Å²) in [6.45, 7) is 0.115. The van der Waals surface area contributed by atoms with Gasteiger partial charge in [0.2, 0.25) is 0 Å². The van der Waals surface area contributed by atoms with E-state index < -0.39 is 4.92 Å². The summed E-state index contributed by atoms with van der Waals surface area (Å²) >= 11 is 12.0. The molecule has 0 spiro atoms. The van der Waals surface area contributed by atoms with E-state index in [1.54, 1.807) is 30.3 Å². The number of nitrogens with zero attached hydrogens (tertiary/aromatic N) is 2. The Kier molecular flexibility index (Phi) is 5.14. The fraction of sp³-hybridized carbons (Fsp3) is 0.0714. The first kappa shape index (κ1) is 15.3. The summed E-state index contributed by atoms with van der Waals surface area (Å²) in [5.41, 5.74) is 1.19. The van der Waals surface area contributed by atoms with Gasteiger partial charge in [-0.05, 0) is 12.1 Å². The van der Waals surface area contributed by atoms with Gasteiger partial charge in [-0.15, -0.1) is 0 Å². The highest BCUT2D eigenvalue weighted by atomic mass is 35.5. The highest BCUT2D eigenvalue weighted by Crippen LogP contribution is 2.24. The highest BCUT2D eigenvalue weighted by molar-refractivity contribution is 6.35. The second kappa shape index (κ2) is 7.06. The number of benzene rings is 2. The number of halogens is 2. The van der Waals surface area contributed by atoms with Crippen LogP contribution in [-0.4, -0.2) is 11.1 Å². The molecule has 0 aromatic heterocycles. The number of nitro benzene ring substituents is 1. The molecule has 0 aliphatic rings. The second-order valence-corrected chi connectivity index (χ2v) is 4.87. The first-order valence-corrected chi connectivity index (χ1v) is 6.66. The van der Waals surface area contributed by atoms with Gasteiger partial charge < -0.3 is 4.84 Å². The zero-order valence-corrected chi connectivity index (χ0v) is 12.2. The minimum Gasteiger partial charge on any atom is -0.391 e. The Morgan fingerprint density at radius 3 is 2.52 bits per heavy atom. The molecule has 0 unspecified atom stereocenters. The van der Waals surface area contributed by atoms with Gasteiger partial charge in [-0.25, -0.2) is 0 Å². The van der Waals surface area contributed by atoms with Crippen molar-refractivity contribution in [1.82, 2.24) is 0 Å². The molecule has 0 aliphatic heterocycles. The standard InChI is InChI=1S/C14H10Cl2N2O3/c15-13-5-2-6-14(16)12(13)9-21-17-8-10-3-1-4-11(7-10)18(19)20/h1-8H,9H2/b17-8+. The van der Waals surface area contributed by atoms with Crippen molar-refractivity contribution in [3.8, 4) is 0 Å². The van der Waals surface area contributed by atoms with Crippen LogP contribution in [0, 0.1) is 10.1 Å². The molecule has 0 atom stereocenters. The van der Waals surface area contributed by atoms with Crippen molar-refractivity contribution in [1.29, 1.82) is 0 Å². The van der Waals surface area contributed by atoms with E-state index in [4.69, 9.17) is 28.0 Å². The molecule has 7 heteroatoms. The molecule has 21 heavy (non-hydrogen) atoms. The molecule has 0 bridgehead atoms. The van der Waals surface area contributed by atoms with Gasteiger partial charge in [0, 0.05) is 33.3 Å². The van der Waals surface area contributed by atoms with Gasteiger partial charge in [0.05, 0.1) is 11.1 Å². The van der Waals surface area contributed by atoms with E-state index >= 15 is 0 Å². The summed E-state index contributed by atoms with van der Waals surface area (Å²) in [7, 11) is 0. The number of hydrogen-bond acceptors (Lipinski definition) is 4. The predicted molar refractivity (Wildman–Crippen MR) is 81.9 cm³/mol. The van der Waals surface area contributed by atoms with Crippen molar-refractivity contribution in [3.63, 3.8) is 0 Å². The Morgan fingerprint density at radius 2 is 1.86 bits per heavy atom. The molecule has 0 saturated heterocycles. The summed E-state index contributed by atoms with van der Waals surface area (Å²) in [4.78, 5) is 15.3. The number of nitro groups is 1. The minimum atomic E-state index is -0.471. The Hall–Kier alpha value is -2.11. The van der Waals surface area contributed by atoms with Gasteiger partial charge in [-0.3, -0.25) is 10.1 Å². The molecule has 0 saturated carbocycles. The average molecular weight is 325 g/mol. The monoisotopic (exact) mass is 324 g/mol. The molecule has 0 radical (unpaired) electrons. The van der Waals surface area contributed by atoms with Crippen molar-refractivity contribution >= 4 is 35.1 Å². The third kappa shape index (κ3) is 4.18. The lowest BCUT2D eigenvalue weighted by Gasteiger charge is -2.04. The topological polar surface area (TPSA) is 64.7 Å². The van der Waals surface area contributed by atoms with E-state index in [1.165, 1.54) is 18.3 Å². The van der Waals surface area contributed by atoms with E-state index in [9.17, 15) is 10.1 Å². The van der Waals surface area contributed by atoms with Gasteiger partial charge in [0.15, 0.2) is 0 Å². The van der Waals surface area contributed by atoms with Gasteiger partial charge >= 0.3 is 0 Å². The fourth-order valence-electron chi connectivity index (χ4n) is 1.59. The van der Waals surface area contributed by atoms with E-state index in [-0.39, 0.29) is 12.3 Å². The number of non-ortho nitro benzene ring substituents is 1. The number of hydrogen-bond donors (Lipinski definition) is 0. The predicted octanol–water partition coefficient (Wildman–Crippen LogP) is 4.45. The largest absolute Gasteiger partial charge is 0.391 e. The van der Waals surface area contributed by atoms with Crippen molar-refractivity contribution in [2.24, 2.45) is 5.16 Å². The van der Waals surface area contributed by atoms with Crippen LogP contribution < -0.4 is 0 Å². The summed E-state index contributed by atoms with van der Waals surface area (Å²) in [5.74, 6) is 0. The van der Waals surface area contributed by atoms with Crippen LogP contribution in [0.3, 0.4) is 0 Å². The lowest BCUT2D eigenvalue weighted by molar-refractivity contribution is -0.384. The van der Waals surface area contributed by atoms with E-state index in [2.05, 4.69) is 5.16 Å². The van der Waals surface area contributed by atoms with E-state index in [1.807, 2.05) is 0 Å². The molecule has 2 rings (SSSR count). The third-order valence-corrected chi connectivity index (χ3v) is 3.34. The summed E-state index contributed by atoms with van der Waals surface area (Å²) in [6, 6.07) is 11.2. The summed E-state index contributed by atoms with van der Waals surface area (Å²) < 4.78 is 0. The van der Waals surface area contributed by atoms with Crippen LogP contribution in [0.5, 0.6) is 0 Å². The Bertz CT molecular complexity index is 669. The van der Waals surface area contributed by atoms with Crippen molar-refractivity contribution in [3.05, 3.63) is 73.8 Å². The lowest BCUT2D eigenvalue weighted by Crippen LogP contribution is -1.92. The highest BCUT2D eigenvalue weighted by Gasteiger charge is 2.06. The van der Waals surface area contributed by atoms with Crippen molar-refractivity contribution in [2.75, 3.05) is 0 Å². The molecule has 0 fully saturated rings. The molecule has 5 nitrogen and oxygen atoms in total. The molecule has 0 amide bonds. The van der Waals surface area contributed by atoms with Crippen LogP contribution in [0.1, 0.15) is 11.1 Å². The van der Waals surface area contributed by atoms with Gasteiger partial charge in [-0.2, -0.15) is 0 Å². The Balaban J connectivity index is 2.00. The van der Waals surface area contributed by atoms with Crippen LogP contribution in [0.25, 0.3) is 0 Å². The normalized spacial score (nSPS) is 10.8. The van der Waals surface area contributed by atoms with E-state index in [0.29, 0.717) is 21.2 Å². The minimum absolute atomic E-state index is 0.00639. The first-order valence-electron chi connectivity index (χ1n) is 5.90. The maximum Gasteiger partial charge on any atom is 0.270 e. The molecule has 0 aliphatic carbocycles. The quantitative estimate of drug-likeness (QED) is 0.463. The fourth-order valence-corrected chi connectivity index (χ4v) is 2.10. The molecule has 2 aromatic rings. The average Bonchev–Trinajstić information content (AvgIpc) is 2.46. The van der Waals surface area contributed by atoms with Crippen LogP contribution in [0.4, 0.5) is 5.69 Å². The lowest BCUT2D eigenvalue weighted by atomic mass is 10.2. The van der Waals surface area contributed by atoms with Crippen molar-refractivity contribution in [2.45, 2.75) is 6.61 Å². The maximum absolute atomic E-state index is 10.6. The van der Waals surface area contributed by atoms with Gasteiger partial charge in [0.25, 0.3) is 5.69 Å². The molecular weight excluding hydrogens is 315 g/mol. The number of oxime groups is 1. The van der Waals surface area contributed by atoms with Crippen LogP contribution in [0.15, 0.2) is 47.6 Å². The molecule has 108 valence electrons.